The van der Waals surface area contributed by atoms with Gasteiger partial charge in [0, 0.05) is 24.7 Å². The van der Waals surface area contributed by atoms with Crippen LogP contribution >= 0.6 is 0 Å². The Morgan fingerprint density at radius 1 is 1.24 bits per heavy atom. The average Bonchev–Trinajstić information content (AvgIpc) is 2.73. The molecule has 9 nitrogen and oxygen atoms in total. The van der Waals surface area contributed by atoms with E-state index in [9.17, 15) is 10.1 Å². The van der Waals surface area contributed by atoms with Gasteiger partial charge in [0.05, 0.1) is 18.2 Å². The van der Waals surface area contributed by atoms with Gasteiger partial charge in [-0.3, -0.25) is 10.1 Å². The quantitative estimate of drug-likeness (QED) is 0.334. The Labute approximate surface area is 168 Å². The first-order chi connectivity index (χ1) is 14.0. The molecule has 4 N–H and O–H groups in total. The third-order valence-corrected chi connectivity index (χ3v) is 4.99. The molecule has 3 rings (SSSR count). The summed E-state index contributed by atoms with van der Waals surface area (Å²) in [6.07, 6.45) is 3.17. The highest BCUT2D eigenvalue weighted by molar-refractivity contribution is 5.84. The number of nitro groups is 1. The number of benzene rings is 2. The summed E-state index contributed by atoms with van der Waals surface area (Å²) in [5.74, 6) is 1.08. The van der Waals surface area contributed by atoms with Gasteiger partial charge in [0.1, 0.15) is 11.4 Å². The van der Waals surface area contributed by atoms with Crippen LogP contribution in [-0.4, -0.2) is 37.3 Å². The molecule has 152 valence electrons. The minimum atomic E-state index is -0.375. The molecule has 0 saturated carbocycles. The van der Waals surface area contributed by atoms with Crippen molar-refractivity contribution in [1.82, 2.24) is 0 Å². The van der Waals surface area contributed by atoms with E-state index in [0.29, 0.717) is 17.2 Å². The normalized spacial score (nSPS) is 14.7. The van der Waals surface area contributed by atoms with E-state index in [-0.39, 0.29) is 16.6 Å². The number of methoxy groups -OCH3 is 1. The Morgan fingerprint density at radius 3 is 2.62 bits per heavy atom. The molecule has 2 aromatic rings. The van der Waals surface area contributed by atoms with Crippen LogP contribution in [0.3, 0.4) is 0 Å². The first kappa shape index (κ1) is 20.1. The second-order valence-electron chi connectivity index (χ2n) is 6.78. The number of piperidine rings is 1. The lowest BCUT2D eigenvalue weighted by Crippen LogP contribution is -2.33. The molecule has 0 radical (unpaired) electrons. The van der Waals surface area contributed by atoms with Crippen LogP contribution in [-0.2, 0) is 0 Å². The number of anilines is 1. The third-order valence-electron chi connectivity index (χ3n) is 4.99. The van der Waals surface area contributed by atoms with Crippen LogP contribution in [0.15, 0.2) is 52.7 Å². The summed E-state index contributed by atoms with van der Waals surface area (Å²) in [5.41, 5.74) is 12.8. The molecule has 29 heavy (non-hydrogen) atoms. The average molecular weight is 396 g/mol. The molecule has 9 heteroatoms. The summed E-state index contributed by atoms with van der Waals surface area (Å²) >= 11 is 0. The Morgan fingerprint density at radius 2 is 1.97 bits per heavy atom. The summed E-state index contributed by atoms with van der Waals surface area (Å²) < 4.78 is 5.48. The van der Waals surface area contributed by atoms with Crippen LogP contribution in [0.1, 0.15) is 29.9 Å². The van der Waals surface area contributed by atoms with E-state index in [2.05, 4.69) is 21.2 Å². The van der Waals surface area contributed by atoms with Gasteiger partial charge >= 0.3 is 0 Å². The van der Waals surface area contributed by atoms with Crippen molar-refractivity contribution in [3.05, 3.63) is 63.7 Å². The van der Waals surface area contributed by atoms with E-state index in [1.54, 1.807) is 19.2 Å². The van der Waals surface area contributed by atoms with E-state index in [1.807, 2.05) is 18.2 Å². The minimum Gasteiger partial charge on any atom is -0.496 e. The molecule has 0 unspecified atom stereocenters. The molecular formula is C20H24N6O3. The van der Waals surface area contributed by atoms with E-state index in [4.69, 9.17) is 16.2 Å². The van der Waals surface area contributed by atoms with E-state index >= 15 is 0 Å². The largest absolute Gasteiger partial charge is 0.496 e. The maximum absolute atomic E-state index is 11.6. The van der Waals surface area contributed by atoms with Crippen LogP contribution in [0.4, 0.5) is 11.4 Å². The number of ether oxygens (including phenoxy) is 1. The van der Waals surface area contributed by atoms with Crippen LogP contribution in [0.2, 0.25) is 0 Å². The SMILES string of the molecule is COc1ccccc1C1CCN(c2ccc(C=NN=C(N)N)cc2[N+](=O)[O-])CC1. The zero-order valence-electron chi connectivity index (χ0n) is 16.2. The van der Waals surface area contributed by atoms with Crippen molar-refractivity contribution in [1.29, 1.82) is 0 Å². The number of hydrogen-bond donors (Lipinski definition) is 2. The van der Waals surface area contributed by atoms with Crippen LogP contribution in [0.5, 0.6) is 5.75 Å². The second kappa shape index (κ2) is 9.05. The Hall–Kier alpha value is -3.62. The topological polar surface area (TPSA) is 132 Å². The number of para-hydroxylation sites is 1. The molecule has 0 atom stereocenters. The first-order valence-electron chi connectivity index (χ1n) is 9.28. The Kier molecular flexibility index (Phi) is 6.28. The van der Waals surface area contributed by atoms with Crippen LogP contribution < -0.4 is 21.1 Å². The lowest BCUT2D eigenvalue weighted by atomic mass is 9.88. The van der Waals surface area contributed by atoms with Crippen LogP contribution in [0.25, 0.3) is 0 Å². The zero-order valence-corrected chi connectivity index (χ0v) is 16.2. The summed E-state index contributed by atoms with van der Waals surface area (Å²) in [7, 11) is 1.68. The molecule has 1 fully saturated rings. The van der Waals surface area contributed by atoms with Crippen molar-refractivity contribution >= 4 is 23.5 Å². The Balaban J connectivity index is 1.77. The number of nitrogens with two attached hydrogens (primary N) is 2. The van der Waals surface area contributed by atoms with Crippen molar-refractivity contribution in [3.63, 3.8) is 0 Å². The molecule has 1 aliphatic heterocycles. The first-order valence-corrected chi connectivity index (χ1v) is 9.28. The lowest BCUT2D eigenvalue weighted by molar-refractivity contribution is -0.384. The number of rotatable bonds is 6. The summed E-state index contributed by atoms with van der Waals surface area (Å²) in [5, 5.41) is 18.8. The maximum atomic E-state index is 11.6. The summed E-state index contributed by atoms with van der Waals surface area (Å²) in [6, 6.07) is 13.0. The predicted octanol–water partition coefficient (Wildman–Crippen LogP) is 2.59. The van der Waals surface area contributed by atoms with Gasteiger partial charge in [-0.05, 0) is 36.5 Å². The van der Waals surface area contributed by atoms with E-state index in [0.717, 1.165) is 31.7 Å². The van der Waals surface area contributed by atoms with Gasteiger partial charge in [-0.15, -0.1) is 5.10 Å². The third kappa shape index (κ3) is 4.81. The van der Waals surface area contributed by atoms with Gasteiger partial charge < -0.3 is 21.1 Å². The molecule has 1 saturated heterocycles. The fraction of sp³-hybridized carbons (Fsp3) is 0.300. The fourth-order valence-corrected chi connectivity index (χ4v) is 3.63. The van der Waals surface area contributed by atoms with E-state index < -0.39 is 0 Å². The second-order valence-corrected chi connectivity index (χ2v) is 6.78. The predicted molar refractivity (Wildman–Crippen MR) is 114 cm³/mol. The van der Waals surface area contributed by atoms with Gasteiger partial charge in [0.2, 0.25) is 5.96 Å². The highest BCUT2D eigenvalue weighted by Crippen LogP contribution is 2.37. The molecule has 0 aromatic heterocycles. The standard InChI is InChI=1S/C20H24N6O3/c1-29-19-5-3-2-4-16(19)15-8-10-25(11-9-15)17-7-6-14(12-18(17)26(27)28)13-23-24-20(21)22/h2-7,12-13,15H,8-11H2,1H3,(H4,21,22,24). The van der Waals surface area contributed by atoms with Crippen molar-refractivity contribution in [2.45, 2.75) is 18.8 Å². The molecule has 0 bridgehead atoms. The van der Waals surface area contributed by atoms with Crippen molar-refractivity contribution in [2.75, 3.05) is 25.1 Å². The maximum Gasteiger partial charge on any atom is 0.293 e. The summed E-state index contributed by atoms with van der Waals surface area (Å²) in [4.78, 5) is 13.3. The molecule has 1 aliphatic rings. The van der Waals surface area contributed by atoms with Gasteiger partial charge in [0.25, 0.3) is 5.69 Å². The molecular weight excluding hydrogens is 372 g/mol. The smallest absolute Gasteiger partial charge is 0.293 e. The summed E-state index contributed by atoms with van der Waals surface area (Å²) in [6.45, 7) is 1.45. The van der Waals surface area contributed by atoms with Gasteiger partial charge in [-0.25, -0.2) is 0 Å². The fourth-order valence-electron chi connectivity index (χ4n) is 3.63. The van der Waals surface area contributed by atoms with Gasteiger partial charge in [-0.2, -0.15) is 5.10 Å². The highest BCUT2D eigenvalue weighted by Gasteiger charge is 2.27. The molecule has 2 aromatic carbocycles. The van der Waals surface area contributed by atoms with Crippen LogP contribution in [0, 0.1) is 10.1 Å². The molecule has 1 heterocycles. The zero-order chi connectivity index (χ0) is 20.8. The molecule has 0 spiro atoms. The van der Waals surface area contributed by atoms with Gasteiger partial charge in [0.15, 0.2) is 0 Å². The van der Waals surface area contributed by atoms with Crippen molar-refractivity contribution in [3.8, 4) is 5.75 Å². The lowest BCUT2D eigenvalue weighted by Gasteiger charge is -2.34. The van der Waals surface area contributed by atoms with Crippen molar-refractivity contribution < 1.29 is 9.66 Å². The van der Waals surface area contributed by atoms with Gasteiger partial charge in [-0.1, -0.05) is 24.3 Å². The number of nitro benzene ring substituents is 1. The number of hydrogen-bond acceptors (Lipinski definition) is 6. The highest BCUT2D eigenvalue weighted by atomic mass is 16.6. The molecule has 0 amide bonds. The number of guanidine groups is 1. The van der Waals surface area contributed by atoms with E-state index in [1.165, 1.54) is 17.8 Å². The number of nitrogens with zero attached hydrogens (tertiary/aromatic N) is 4. The Bertz CT molecular complexity index is 932. The van der Waals surface area contributed by atoms with Crippen molar-refractivity contribution in [2.24, 2.45) is 21.7 Å². The minimum absolute atomic E-state index is 0.0365. The monoisotopic (exact) mass is 396 g/mol. The molecule has 0 aliphatic carbocycles.